The zero-order valence-corrected chi connectivity index (χ0v) is 13.4. The van der Waals surface area contributed by atoms with Gasteiger partial charge in [0.05, 0.1) is 10.2 Å². The fourth-order valence-electron chi connectivity index (χ4n) is 1.61. The van der Waals surface area contributed by atoms with Crippen LogP contribution in [0, 0.1) is 0 Å². The maximum atomic E-state index is 12.1. The van der Waals surface area contributed by atoms with Crippen LogP contribution < -0.4 is 5.32 Å². The van der Waals surface area contributed by atoms with E-state index in [-0.39, 0.29) is 0 Å². The van der Waals surface area contributed by atoms with Gasteiger partial charge in [-0.1, -0.05) is 11.8 Å². The van der Waals surface area contributed by atoms with Crippen molar-refractivity contribution in [1.29, 1.82) is 0 Å². The Morgan fingerprint density at radius 2 is 2.23 bits per heavy atom. The Morgan fingerprint density at radius 3 is 2.86 bits per heavy atom. The van der Waals surface area contributed by atoms with Crippen LogP contribution in [-0.4, -0.2) is 36.0 Å². The maximum Gasteiger partial charge on any atom is 0.411 e. The van der Waals surface area contributed by atoms with Crippen LogP contribution in [0.2, 0.25) is 0 Å². The molecule has 1 heterocycles. The van der Waals surface area contributed by atoms with Crippen LogP contribution in [0.15, 0.2) is 22.5 Å². The number of nitrogens with zero attached hydrogens (tertiary/aromatic N) is 1. The number of aromatic nitrogens is 1. The molecule has 0 radical (unpaired) electrons. The van der Waals surface area contributed by atoms with Gasteiger partial charge in [0.15, 0.2) is 4.34 Å². The van der Waals surface area contributed by atoms with Gasteiger partial charge in [0.25, 0.3) is 5.91 Å². The highest BCUT2D eigenvalue weighted by molar-refractivity contribution is 8.00. The summed E-state index contributed by atoms with van der Waals surface area (Å²) in [6.07, 6.45) is -3.73. The molecule has 0 bridgehead atoms. The van der Waals surface area contributed by atoms with Crippen molar-refractivity contribution in [2.75, 3.05) is 18.2 Å². The predicted octanol–water partition coefficient (Wildman–Crippen LogP) is 3.92. The van der Waals surface area contributed by atoms with Crippen molar-refractivity contribution < 1.29 is 22.7 Å². The summed E-state index contributed by atoms with van der Waals surface area (Å²) in [4.78, 5) is 16.2. The molecule has 1 amide bonds. The van der Waals surface area contributed by atoms with E-state index < -0.39 is 24.8 Å². The number of thiazole rings is 1. The third kappa shape index (κ3) is 4.59. The molecular weight excluding hydrogens is 337 g/mol. The van der Waals surface area contributed by atoms with Crippen molar-refractivity contribution in [3.63, 3.8) is 0 Å². The van der Waals surface area contributed by atoms with E-state index in [0.717, 1.165) is 14.6 Å². The summed E-state index contributed by atoms with van der Waals surface area (Å²) >= 11 is 3.00. The monoisotopic (exact) mass is 350 g/mol. The highest BCUT2D eigenvalue weighted by Gasteiger charge is 2.29. The molecule has 0 aliphatic carbocycles. The Bertz CT molecular complexity index is 673. The molecule has 1 aromatic carbocycles. The molecule has 2 rings (SSSR count). The number of benzene rings is 1. The van der Waals surface area contributed by atoms with Gasteiger partial charge in [-0.3, -0.25) is 4.79 Å². The van der Waals surface area contributed by atoms with Crippen molar-refractivity contribution in [2.24, 2.45) is 0 Å². The number of nitrogens with one attached hydrogen (secondary N) is 1. The van der Waals surface area contributed by atoms with Gasteiger partial charge in [-0.15, -0.1) is 11.3 Å². The molecule has 4 nitrogen and oxygen atoms in total. The normalized spacial score (nSPS) is 13.3. The third-order valence-corrected chi connectivity index (χ3v) is 4.68. The highest BCUT2D eigenvalue weighted by atomic mass is 32.2. The van der Waals surface area contributed by atoms with Crippen LogP contribution >= 0.6 is 23.1 Å². The van der Waals surface area contributed by atoms with Crippen LogP contribution in [0.5, 0.6) is 0 Å². The van der Waals surface area contributed by atoms with E-state index in [4.69, 9.17) is 0 Å². The average molecular weight is 350 g/mol. The number of halogens is 3. The van der Waals surface area contributed by atoms with E-state index in [1.807, 2.05) is 6.26 Å². The van der Waals surface area contributed by atoms with E-state index in [0.29, 0.717) is 5.69 Å². The van der Waals surface area contributed by atoms with Gasteiger partial charge < -0.3 is 10.1 Å². The molecule has 9 heteroatoms. The molecule has 1 aromatic heterocycles. The van der Waals surface area contributed by atoms with Crippen molar-refractivity contribution in [3.8, 4) is 0 Å². The summed E-state index contributed by atoms with van der Waals surface area (Å²) < 4.78 is 42.5. The maximum absolute atomic E-state index is 12.1. The highest BCUT2D eigenvalue weighted by Crippen LogP contribution is 2.30. The number of alkyl halides is 3. The first kappa shape index (κ1) is 17.0. The second kappa shape index (κ2) is 6.84. The van der Waals surface area contributed by atoms with E-state index in [1.165, 1.54) is 30.0 Å². The number of hydrogen-bond acceptors (Lipinski definition) is 5. The Kier molecular flexibility index (Phi) is 5.30. The van der Waals surface area contributed by atoms with E-state index in [2.05, 4.69) is 15.0 Å². The molecule has 0 aliphatic heterocycles. The van der Waals surface area contributed by atoms with Gasteiger partial charge in [0, 0.05) is 5.69 Å². The van der Waals surface area contributed by atoms with Crippen molar-refractivity contribution >= 4 is 44.9 Å². The Morgan fingerprint density at radius 1 is 1.50 bits per heavy atom. The standard InChI is InChI=1S/C13H13F3N2O2S2/c1-7(20-6-13(14,15)16)11(19)17-8-3-4-9-10(5-8)22-12(18-9)21-2/h3-5,7H,6H2,1-2H3,(H,17,19). The zero-order chi connectivity index (χ0) is 16.3. The summed E-state index contributed by atoms with van der Waals surface area (Å²) in [6.45, 7) is -0.176. The van der Waals surface area contributed by atoms with Crippen LogP contribution in [0.4, 0.5) is 18.9 Å². The van der Waals surface area contributed by atoms with Crippen LogP contribution in [0.1, 0.15) is 6.92 Å². The zero-order valence-electron chi connectivity index (χ0n) is 11.7. The lowest BCUT2D eigenvalue weighted by Crippen LogP contribution is -2.31. The fraction of sp³-hybridized carbons (Fsp3) is 0.385. The number of amides is 1. The number of carbonyl (C=O) groups is 1. The molecule has 0 spiro atoms. The number of ether oxygens (including phenoxy) is 1. The molecule has 22 heavy (non-hydrogen) atoms. The molecule has 0 saturated heterocycles. The second-order valence-electron chi connectivity index (χ2n) is 4.42. The number of fused-ring (bicyclic) bond motifs is 1. The topological polar surface area (TPSA) is 51.2 Å². The first-order valence-corrected chi connectivity index (χ1v) is 8.26. The lowest BCUT2D eigenvalue weighted by Gasteiger charge is -2.14. The fourth-order valence-corrected chi connectivity index (χ4v) is 3.14. The molecule has 0 aliphatic rings. The number of thioether (sulfide) groups is 1. The minimum Gasteiger partial charge on any atom is -0.359 e. The van der Waals surface area contributed by atoms with Crippen molar-refractivity contribution in [3.05, 3.63) is 18.2 Å². The minimum atomic E-state index is -4.45. The summed E-state index contributed by atoms with van der Waals surface area (Å²) in [6, 6.07) is 5.14. The quantitative estimate of drug-likeness (QED) is 0.831. The Balaban J connectivity index is 2.01. The van der Waals surface area contributed by atoms with Crippen LogP contribution in [0.25, 0.3) is 10.2 Å². The first-order valence-electron chi connectivity index (χ1n) is 6.22. The number of hydrogen-bond donors (Lipinski definition) is 1. The SMILES string of the molecule is CSc1nc2ccc(NC(=O)C(C)OCC(F)(F)F)cc2s1. The molecule has 0 fully saturated rings. The number of carbonyl (C=O) groups excluding carboxylic acids is 1. The van der Waals surface area contributed by atoms with Gasteiger partial charge in [0.1, 0.15) is 12.7 Å². The Labute approximate surface area is 133 Å². The summed E-state index contributed by atoms with van der Waals surface area (Å²) in [5.41, 5.74) is 1.31. The van der Waals surface area contributed by atoms with Gasteiger partial charge in [-0.25, -0.2) is 4.98 Å². The molecule has 2 aromatic rings. The predicted molar refractivity (Wildman–Crippen MR) is 81.5 cm³/mol. The summed E-state index contributed by atoms with van der Waals surface area (Å²) in [5, 5.41) is 2.54. The van der Waals surface area contributed by atoms with Gasteiger partial charge >= 0.3 is 6.18 Å². The lowest BCUT2D eigenvalue weighted by atomic mass is 10.3. The van der Waals surface area contributed by atoms with Gasteiger partial charge in [0.2, 0.25) is 0 Å². The third-order valence-electron chi connectivity index (χ3n) is 2.68. The lowest BCUT2D eigenvalue weighted by molar-refractivity contribution is -0.184. The van der Waals surface area contributed by atoms with Crippen LogP contribution in [-0.2, 0) is 9.53 Å². The van der Waals surface area contributed by atoms with E-state index in [1.54, 1.807) is 18.2 Å². The first-order chi connectivity index (χ1) is 10.3. The molecule has 120 valence electrons. The number of rotatable bonds is 5. The Hall–Kier alpha value is -1.32. The van der Waals surface area contributed by atoms with E-state index >= 15 is 0 Å². The van der Waals surface area contributed by atoms with E-state index in [9.17, 15) is 18.0 Å². The minimum absolute atomic E-state index is 0.497. The van der Waals surface area contributed by atoms with Crippen LogP contribution in [0.3, 0.4) is 0 Å². The molecule has 1 N–H and O–H groups in total. The summed E-state index contributed by atoms with van der Waals surface area (Å²) in [7, 11) is 0. The molecule has 0 saturated carbocycles. The van der Waals surface area contributed by atoms with Crippen molar-refractivity contribution in [1.82, 2.24) is 4.98 Å². The average Bonchev–Trinajstić information content (AvgIpc) is 2.86. The smallest absolute Gasteiger partial charge is 0.359 e. The summed E-state index contributed by atoms with van der Waals surface area (Å²) in [5.74, 6) is -0.627. The molecular formula is C13H13F3N2O2S2. The van der Waals surface area contributed by atoms with Gasteiger partial charge in [-0.2, -0.15) is 13.2 Å². The van der Waals surface area contributed by atoms with Crippen molar-refractivity contribution in [2.45, 2.75) is 23.5 Å². The largest absolute Gasteiger partial charge is 0.411 e. The van der Waals surface area contributed by atoms with Gasteiger partial charge in [-0.05, 0) is 31.4 Å². The second-order valence-corrected chi connectivity index (χ2v) is 6.51. The number of anilines is 1. The molecule has 1 atom stereocenters. The molecule has 1 unspecified atom stereocenters.